The molecule has 0 fully saturated rings. The summed E-state index contributed by atoms with van der Waals surface area (Å²) < 4.78 is 0. The van der Waals surface area contributed by atoms with Crippen LogP contribution in [-0.2, 0) is 4.79 Å². The highest BCUT2D eigenvalue weighted by Crippen LogP contribution is 2.07. The fourth-order valence-corrected chi connectivity index (χ4v) is 1.47. The number of carbonyl (C=O) groups excluding carboxylic acids is 1. The maximum atomic E-state index is 11.6. The van der Waals surface area contributed by atoms with Gasteiger partial charge in [-0.25, -0.2) is 5.10 Å². The molecule has 0 saturated carbocycles. The second-order valence-corrected chi connectivity index (χ2v) is 4.04. The van der Waals surface area contributed by atoms with Crippen molar-refractivity contribution in [1.82, 2.24) is 15.5 Å². The van der Waals surface area contributed by atoms with E-state index in [4.69, 9.17) is 0 Å². The maximum Gasteiger partial charge on any atom is 0.266 e. The third-order valence-corrected chi connectivity index (χ3v) is 2.18. The highest BCUT2D eigenvalue weighted by molar-refractivity contribution is 5.81. The van der Waals surface area contributed by atoms with E-state index < -0.39 is 0 Å². The summed E-state index contributed by atoms with van der Waals surface area (Å²) in [4.78, 5) is 24.5. The van der Waals surface area contributed by atoms with Gasteiger partial charge in [0.15, 0.2) is 0 Å². The van der Waals surface area contributed by atoms with E-state index in [1.165, 1.54) is 12.3 Å². The number of carbonyl (C=O) groups is 1. The Morgan fingerprint density at radius 2 is 2.29 bits per heavy atom. The van der Waals surface area contributed by atoms with Gasteiger partial charge in [0.25, 0.3) is 5.56 Å². The van der Waals surface area contributed by atoms with Gasteiger partial charge in [0.05, 0.1) is 18.4 Å². The minimum Gasteiger partial charge on any atom is -0.361 e. The number of aromatic amines is 1. The van der Waals surface area contributed by atoms with Crippen molar-refractivity contribution < 1.29 is 4.79 Å². The van der Waals surface area contributed by atoms with Gasteiger partial charge < -0.3 is 10.2 Å². The van der Waals surface area contributed by atoms with E-state index in [1.807, 2.05) is 20.8 Å². The van der Waals surface area contributed by atoms with Gasteiger partial charge >= 0.3 is 0 Å². The number of nitrogens with one attached hydrogen (secondary N) is 2. The molecule has 0 aliphatic carbocycles. The van der Waals surface area contributed by atoms with Crippen LogP contribution in [0.3, 0.4) is 0 Å². The van der Waals surface area contributed by atoms with Crippen LogP contribution in [0.4, 0.5) is 5.69 Å². The van der Waals surface area contributed by atoms with Crippen molar-refractivity contribution in [3.63, 3.8) is 0 Å². The molecule has 0 unspecified atom stereocenters. The van der Waals surface area contributed by atoms with Gasteiger partial charge in [-0.05, 0) is 20.8 Å². The fraction of sp³-hybridized carbons (Fsp3) is 0.545. The van der Waals surface area contributed by atoms with E-state index in [1.54, 1.807) is 4.90 Å². The predicted octanol–water partition coefficient (Wildman–Crippen LogP) is 0.121. The molecule has 1 rings (SSSR count). The second-order valence-electron chi connectivity index (χ2n) is 4.04. The van der Waals surface area contributed by atoms with Crippen LogP contribution in [0.5, 0.6) is 0 Å². The van der Waals surface area contributed by atoms with Crippen LogP contribution in [0, 0.1) is 0 Å². The second kappa shape index (κ2) is 6.03. The molecule has 0 aromatic carbocycles. The third-order valence-electron chi connectivity index (χ3n) is 2.18. The maximum absolute atomic E-state index is 11.6. The summed E-state index contributed by atoms with van der Waals surface area (Å²) in [5, 5.41) is 8.82. The van der Waals surface area contributed by atoms with E-state index in [9.17, 15) is 9.59 Å². The normalized spacial score (nSPS) is 10.4. The van der Waals surface area contributed by atoms with Gasteiger partial charge in [-0.1, -0.05) is 0 Å². The first-order valence-electron chi connectivity index (χ1n) is 5.62. The SMILES string of the molecule is CCN(CC(=O)NC(C)C)c1cn[nH]c(=O)c1. The monoisotopic (exact) mass is 238 g/mol. The van der Waals surface area contributed by atoms with Crippen LogP contribution in [0.25, 0.3) is 0 Å². The minimum atomic E-state index is -0.273. The zero-order chi connectivity index (χ0) is 12.8. The first-order chi connectivity index (χ1) is 8.02. The quantitative estimate of drug-likeness (QED) is 0.764. The standard InChI is InChI=1S/C11H18N4O2/c1-4-15(7-11(17)13-8(2)3)9-5-10(16)14-12-6-9/h5-6,8H,4,7H2,1-3H3,(H,13,17)(H,14,16). The molecule has 0 spiro atoms. The molecule has 1 amide bonds. The average Bonchev–Trinajstić information content (AvgIpc) is 2.24. The molecule has 0 aliphatic heterocycles. The Morgan fingerprint density at radius 1 is 1.59 bits per heavy atom. The van der Waals surface area contributed by atoms with E-state index in [0.29, 0.717) is 12.2 Å². The predicted molar refractivity (Wildman–Crippen MR) is 66.0 cm³/mol. The van der Waals surface area contributed by atoms with Crippen molar-refractivity contribution >= 4 is 11.6 Å². The Labute approximate surface area is 100 Å². The lowest BCUT2D eigenvalue weighted by Gasteiger charge is -2.22. The number of hydrogen-bond donors (Lipinski definition) is 2. The summed E-state index contributed by atoms with van der Waals surface area (Å²) in [6.45, 7) is 6.59. The molecule has 0 radical (unpaired) electrons. The van der Waals surface area contributed by atoms with Crippen LogP contribution in [0.15, 0.2) is 17.1 Å². The summed E-state index contributed by atoms with van der Waals surface area (Å²) in [6.07, 6.45) is 1.54. The number of nitrogens with zero attached hydrogens (tertiary/aromatic N) is 2. The van der Waals surface area contributed by atoms with Gasteiger partial charge in [-0.3, -0.25) is 9.59 Å². The van der Waals surface area contributed by atoms with Crippen molar-refractivity contribution in [2.75, 3.05) is 18.0 Å². The first-order valence-corrected chi connectivity index (χ1v) is 5.62. The average molecular weight is 238 g/mol. The minimum absolute atomic E-state index is 0.0675. The number of likely N-dealkylation sites (N-methyl/N-ethyl adjacent to an activating group) is 1. The zero-order valence-corrected chi connectivity index (χ0v) is 10.4. The molecule has 17 heavy (non-hydrogen) atoms. The number of amides is 1. The molecule has 2 N–H and O–H groups in total. The molecule has 0 atom stereocenters. The number of rotatable bonds is 5. The number of anilines is 1. The Morgan fingerprint density at radius 3 is 2.82 bits per heavy atom. The molecule has 0 bridgehead atoms. The van der Waals surface area contributed by atoms with Gasteiger partial charge in [0, 0.05) is 18.7 Å². The van der Waals surface area contributed by atoms with Crippen molar-refractivity contribution in [2.45, 2.75) is 26.8 Å². The van der Waals surface area contributed by atoms with Crippen molar-refractivity contribution in [3.8, 4) is 0 Å². The molecule has 1 heterocycles. The van der Waals surface area contributed by atoms with Gasteiger partial charge in [-0.15, -0.1) is 0 Å². The summed E-state index contributed by atoms with van der Waals surface area (Å²) in [7, 11) is 0. The van der Waals surface area contributed by atoms with E-state index in [2.05, 4.69) is 15.5 Å². The van der Waals surface area contributed by atoms with Crippen molar-refractivity contribution in [1.29, 1.82) is 0 Å². The van der Waals surface area contributed by atoms with Crippen molar-refractivity contribution in [3.05, 3.63) is 22.6 Å². The topological polar surface area (TPSA) is 78.1 Å². The van der Waals surface area contributed by atoms with Crippen molar-refractivity contribution in [2.24, 2.45) is 0 Å². The Hall–Kier alpha value is -1.85. The smallest absolute Gasteiger partial charge is 0.266 e. The summed E-state index contributed by atoms with van der Waals surface area (Å²) in [5.41, 5.74) is 0.375. The van der Waals surface area contributed by atoms with Crippen LogP contribution < -0.4 is 15.8 Å². The van der Waals surface area contributed by atoms with Crippen LogP contribution >= 0.6 is 0 Å². The Kier molecular flexibility index (Phi) is 4.68. The molecule has 0 saturated heterocycles. The largest absolute Gasteiger partial charge is 0.361 e. The van der Waals surface area contributed by atoms with Crippen LogP contribution in [0.2, 0.25) is 0 Å². The molecule has 94 valence electrons. The fourth-order valence-electron chi connectivity index (χ4n) is 1.47. The zero-order valence-electron chi connectivity index (χ0n) is 10.4. The van der Waals surface area contributed by atoms with Gasteiger partial charge in [0.2, 0.25) is 5.91 Å². The summed E-state index contributed by atoms with van der Waals surface area (Å²) in [6, 6.07) is 1.54. The number of H-pyrrole nitrogens is 1. The first kappa shape index (κ1) is 13.2. The molecular formula is C11H18N4O2. The number of hydrogen-bond acceptors (Lipinski definition) is 4. The van der Waals surface area contributed by atoms with Crippen LogP contribution in [0.1, 0.15) is 20.8 Å². The highest BCUT2D eigenvalue weighted by Gasteiger charge is 2.11. The number of aromatic nitrogens is 2. The molecule has 0 aliphatic rings. The molecule has 1 aromatic heterocycles. The van der Waals surface area contributed by atoms with Gasteiger partial charge in [0.1, 0.15) is 0 Å². The lowest BCUT2D eigenvalue weighted by atomic mass is 10.3. The van der Waals surface area contributed by atoms with E-state index in [0.717, 1.165) is 0 Å². The summed E-state index contributed by atoms with van der Waals surface area (Å²) in [5.74, 6) is -0.0675. The third kappa shape index (κ3) is 4.26. The van der Waals surface area contributed by atoms with Gasteiger partial charge in [-0.2, -0.15) is 5.10 Å². The van der Waals surface area contributed by atoms with E-state index >= 15 is 0 Å². The molecule has 1 aromatic rings. The molecule has 6 heteroatoms. The Bertz CT molecular complexity index is 427. The van der Waals surface area contributed by atoms with E-state index in [-0.39, 0.29) is 24.1 Å². The molecule has 6 nitrogen and oxygen atoms in total. The lowest BCUT2D eigenvalue weighted by molar-refractivity contribution is -0.120. The summed E-state index contributed by atoms with van der Waals surface area (Å²) >= 11 is 0. The molecular weight excluding hydrogens is 220 g/mol. The Balaban J connectivity index is 2.72. The van der Waals surface area contributed by atoms with Crippen LogP contribution in [-0.4, -0.2) is 35.2 Å². The lowest BCUT2D eigenvalue weighted by Crippen LogP contribution is -2.40. The highest BCUT2D eigenvalue weighted by atomic mass is 16.2.